The molecule has 0 amide bonds. The monoisotopic (exact) mass is 382 g/mol. The molecule has 0 unspecified atom stereocenters. The quantitative estimate of drug-likeness (QED) is 0.708. The third-order valence-electron chi connectivity index (χ3n) is 3.84. The highest BCUT2D eigenvalue weighted by atomic mass is 79.9. The summed E-state index contributed by atoms with van der Waals surface area (Å²) in [7, 11) is 0. The van der Waals surface area contributed by atoms with E-state index >= 15 is 0 Å². The zero-order valence-corrected chi connectivity index (χ0v) is 13.8. The van der Waals surface area contributed by atoms with Crippen molar-refractivity contribution in [3.63, 3.8) is 0 Å². The van der Waals surface area contributed by atoms with Crippen molar-refractivity contribution in [3.8, 4) is 0 Å². The summed E-state index contributed by atoms with van der Waals surface area (Å²) in [4.78, 5) is 7.12. The molecular formula is C15H16Br2N2. The van der Waals surface area contributed by atoms with Crippen molar-refractivity contribution >= 4 is 48.5 Å². The van der Waals surface area contributed by atoms with Gasteiger partial charge in [0.05, 0.1) is 0 Å². The number of pyridine rings is 1. The lowest BCUT2D eigenvalue weighted by molar-refractivity contribution is 0.390. The van der Waals surface area contributed by atoms with E-state index in [-0.39, 0.29) is 0 Å². The van der Waals surface area contributed by atoms with E-state index in [0.29, 0.717) is 6.04 Å². The maximum Gasteiger partial charge on any atom is 0.136 e. The first kappa shape index (κ1) is 13.4. The van der Waals surface area contributed by atoms with Crippen molar-refractivity contribution in [3.05, 3.63) is 34.9 Å². The number of alkyl halides is 1. The van der Waals surface area contributed by atoms with Crippen LogP contribution in [0.25, 0.3) is 10.8 Å². The molecule has 3 rings (SSSR count). The smallest absolute Gasteiger partial charge is 0.136 e. The van der Waals surface area contributed by atoms with E-state index in [0.717, 1.165) is 22.2 Å². The largest absolute Gasteiger partial charge is 0.352 e. The molecule has 0 bridgehead atoms. The van der Waals surface area contributed by atoms with Crippen molar-refractivity contribution in [1.29, 1.82) is 0 Å². The van der Waals surface area contributed by atoms with Gasteiger partial charge < -0.3 is 4.90 Å². The Hall–Kier alpha value is -0.610. The predicted molar refractivity (Wildman–Crippen MR) is 88.2 cm³/mol. The summed E-state index contributed by atoms with van der Waals surface area (Å²) < 4.78 is 1.14. The molecule has 0 saturated heterocycles. The molecule has 2 nitrogen and oxygen atoms in total. The molecule has 1 aliphatic rings. The first-order chi connectivity index (χ1) is 9.31. The fourth-order valence-corrected chi connectivity index (χ4v) is 3.51. The summed E-state index contributed by atoms with van der Waals surface area (Å²) >= 11 is 7.20. The number of halogens is 2. The fourth-order valence-electron chi connectivity index (χ4n) is 2.63. The number of hydrogen-bond donors (Lipinski definition) is 0. The van der Waals surface area contributed by atoms with Gasteiger partial charge in [0.15, 0.2) is 0 Å². The Kier molecular flexibility index (Phi) is 4.08. The third kappa shape index (κ3) is 2.52. The fraction of sp³-hybridized carbons (Fsp3) is 0.400. The minimum atomic E-state index is 0.662. The SMILES string of the molecule is BrCCN(c1nccc2c(Br)cccc12)C1CCC1. The molecule has 1 saturated carbocycles. The van der Waals surface area contributed by atoms with Crippen LogP contribution in [0.1, 0.15) is 19.3 Å². The highest BCUT2D eigenvalue weighted by Gasteiger charge is 2.26. The molecule has 1 fully saturated rings. The zero-order chi connectivity index (χ0) is 13.2. The van der Waals surface area contributed by atoms with Gasteiger partial charge in [0, 0.05) is 39.4 Å². The lowest BCUT2D eigenvalue weighted by Gasteiger charge is -2.38. The van der Waals surface area contributed by atoms with Crippen LogP contribution >= 0.6 is 31.9 Å². The predicted octanol–water partition coefficient (Wildman–Crippen LogP) is 4.75. The summed E-state index contributed by atoms with van der Waals surface area (Å²) in [6, 6.07) is 9.09. The van der Waals surface area contributed by atoms with Crippen LogP contribution in [0.2, 0.25) is 0 Å². The van der Waals surface area contributed by atoms with Gasteiger partial charge in [0.2, 0.25) is 0 Å². The summed E-state index contributed by atoms with van der Waals surface area (Å²) in [5.74, 6) is 1.13. The Morgan fingerprint density at radius 1 is 1.21 bits per heavy atom. The van der Waals surface area contributed by atoms with Gasteiger partial charge in [-0.05, 0) is 31.4 Å². The molecule has 2 aromatic rings. The molecule has 0 atom stereocenters. The van der Waals surface area contributed by atoms with Gasteiger partial charge in [-0.15, -0.1) is 0 Å². The Bertz CT molecular complexity index is 581. The van der Waals surface area contributed by atoms with Crippen LogP contribution in [0.5, 0.6) is 0 Å². The lowest BCUT2D eigenvalue weighted by Crippen LogP contribution is -2.42. The number of hydrogen-bond acceptors (Lipinski definition) is 2. The minimum absolute atomic E-state index is 0.662. The molecule has 0 spiro atoms. The Morgan fingerprint density at radius 2 is 2.05 bits per heavy atom. The summed E-state index contributed by atoms with van der Waals surface area (Å²) in [6.07, 6.45) is 5.85. The van der Waals surface area contributed by atoms with Crippen LogP contribution in [-0.2, 0) is 0 Å². The van der Waals surface area contributed by atoms with Crippen molar-refractivity contribution in [2.75, 3.05) is 16.8 Å². The Balaban J connectivity index is 2.09. The summed E-state index contributed by atoms with van der Waals surface area (Å²) in [5, 5.41) is 3.46. The highest BCUT2D eigenvalue weighted by molar-refractivity contribution is 9.10. The molecule has 1 aliphatic carbocycles. The van der Waals surface area contributed by atoms with Crippen molar-refractivity contribution in [2.24, 2.45) is 0 Å². The second-order valence-corrected chi connectivity index (χ2v) is 6.58. The normalized spacial score (nSPS) is 15.5. The maximum absolute atomic E-state index is 4.65. The molecule has 0 radical (unpaired) electrons. The molecule has 1 heterocycles. The van der Waals surface area contributed by atoms with Gasteiger partial charge in [-0.2, -0.15) is 0 Å². The Morgan fingerprint density at radius 3 is 2.74 bits per heavy atom. The minimum Gasteiger partial charge on any atom is -0.352 e. The number of fused-ring (bicyclic) bond motifs is 1. The number of rotatable bonds is 4. The topological polar surface area (TPSA) is 16.1 Å². The van der Waals surface area contributed by atoms with Crippen LogP contribution in [0.15, 0.2) is 34.9 Å². The van der Waals surface area contributed by atoms with Crippen LogP contribution < -0.4 is 4.90 Å². The van der Waals surface area contributed by atoms with Gasteiger partial charge in [-0.1, -0.05) is 44.0 Å². The standard InChI is InChI=1S/C15H16Br2N2/c16-8-10-19(11-3-1-4-11)15-13-5-2-6-14(17)12(13)7-9-18-15/h2,5-7,9,11H,1,3-4,8,10H2. The second kappa shape index (κ2) is 5.80. The number of nitrogens with zero attached hydrogens (tertiary/aromatic N) is 2. The number of benzene rings is 1. The van der Waals surface area contributed by atoms with E-state index in [1.54, 1.807) is 0 Å². The Labute approximate surface area is 130 Å². The number of aromatic nitrogens is 1. The van der Waals surface area contributed by atoms with Gasteiger partial charge in [0.1, 0.15) is 5.82 Å². The van der Waals surface area contributed by atoms with Crippen LogP contribution in [0, 0.1) is 0 Å². The molecule has 0 aliphatic heterocycles. The van der Waals surface area contributed by atoms with Gasteiger partial charge in [-0.25, -0.2) is 4.98 Å². The third-order valence-corrected chi connectivity index (χ3v) is 4.89. The van der Waals surface area contributed by atoms with Gasteiger partial charge in [0.25, 0.3) is 0 Å². The van der Waals surface area contributed by atoms with Crippen molar-refractivity contribution < 1.29 is 0 Å². The molecule has 1 aromatic heterocycles. The highest BCUT2D eigenvalue weighted by Crippen LogP contribution is 2.34. The van der Waals surface area contributed by atoms with E-state index in [1.807, 2.05) is 6.20 Å². The van der Waals surface area contributed by atoms with Crippen LogP contribution in [-0.4, -0.2) is 22.9 Å². The number of anilines is 1. The maximum atomic E-state index is 4.65. The zero-order valence-electron chi connectivity index (χ0n) is 10.6. The van der Waals surface area contributed by atoms with E-state index in [4.69, 9.17) is 0 Å². The van der Waals surface area contributed by atoms with E-state index < -0.39 is 0 Å². The van der Waals surface area contributed by atoms with Crippen LogP contribution in [0.4, 0.5) is 5.82 Å². The molecule has 1 aromatic carbocycles. The molecule has 0 N–H and O–H groups in total. The molecular weight excluding hydrogens is 368 g/mol. The van der Waals surface area contributed by atoms with Crippen molar-refractivity contribution in [2.45, 2.75) is 25.3 Å². The van der Waals surface area contributed by atoms with E-state index in [1.165, 1.54) is 30.0 Å². The summed E-state index contributed by atoms with van der Waals surface area (Å²) in [6.45, 7) is 1.02. The average molecular weight is 384 g/mol. The molecule has 100 valence electrons. The van der Waals surface area contributed by atoms with Gasteiger partial charge in [-0.3, -0.25) is 0 Å². The van der Waals surface area contributed by atoms with E-state index in [2.05, 4.69) is 66.0 Å². The first-order valence-electron chi connectivity index (χ1n) is 6.67. The first-order valence-corrected chi connectivity index (χ1v) is 8.58. The van der Waals surface area contributed by atoms with Crippen LogP contribution in [0.3, 0.4) is 0 Å². The summed E-state index contributed by atoms with van der Waals surface area (Å²) in [5.41, 5.74) is 0. The van der Waals surface area contributed by atoms with E-state index in [9.17, 15) is 0 Å². The molecule has 19 heavy (non-hydrogen) atoms. The second-order valence-electron chi connectivity index (χ2n) is 4.94. The molecule has 4 heteroatoms. The van der Waals surface area contributed by atoms with Crippen molar-refractivity contribution in [1.82, 2.24) is 4.98 Å². The lowest BCUT2D eigenvalue weighted by atomic mass is 9.91. The average Bonchev–Trinajstić information content (AvgIpc) is 2.36. The van der Waals surface area contributed by atoms with Gasteiger partial charge >= 0.3 is 0 Å².